The number of fused-ring (bicyclic) bond motifs is 1. The molecule has 134 valence electrons. The lowest BCUT2D eigenvalue weighted by Crippen LogP contribution is -2.12. The average molecular weight is 397 g/mol. The van der Waals surface area contributed by atoms with Crippen LogP contribution in [0.5, 0.6) is 0 Å². The third-order valence-electron chi connectivity index (χ3n) is 4.12. The predicted molar refractivity (Wildman–Crippen MR) is 109 cm³/mol. The third kappa shape index (κ3) is 3.54. The summed E-state index contributed by atoms with van der Waals surface area (Å²) in [6, 6.07) is 17.8. The highest BCUT2D eigenvalue weighted by Gasteiger charge is 2.15. The molecular weight excluding hydrogens is 383 g/mol. The van der Waals surface area contributed by atoms with E-state index in [0.29, 0.717) is 38.3 Å². The first-order valence-corrected chi connectivity index (χ1v) is 9.00. The Balaban J connectivity index is 1.68. The van der Waals surface area contributed by atoms with E-state index in [2.05, 4.69) is 10.3 Å². The number of nitrogens with one attached hydrogen (secondary N) is 1. The summed E-state index contributed by atoms with van der Waals surface area (Å²) in [5, 5.41) is 3.70. The summed E-state index contributed by atoms with van der Waals surface area (Å²) in [7, 11) is 0. The van der Waals surface area contributed by atoms with Gasteiger partial charge in [-0.1, -0.05) is 41.4 Å². The van der Waals surface area contributed by atoms with Gasteiger partial charge in [0.2, 0.25) is 5.89 Å². The van der Waals surface area contributed by atoms with Crippen molar-refractivity contribution in [2.24, 2.45) is 0 Å². The largest absolute Gasteiger partial charge is 0.436 e. The summed E-state index contributed by atoms with van der Waals surface area (Å²) in [6.07, 6.45) is 0. The van der Waals surface area contributed by atoms with Gasteiger partial charge in [-0.15, -0.1) is 0 Å². The van der Waals surface area contributed by atoms with Crippen LogP contribution in [0.3, 0.4) is 0 Å². The Morgan fingerprint density at radius 1 is 1.00 bits per heavy atom. The number of aromatic nitrogens is 1. The zero-order valence-electron chi connectivity index (χ0n) is 14.3. The van der Waals surface area contributed by atoms with Crippen molar-refractivity contribution >= 4 is 45.9 Å². The number of carbonyl (C=O) groups is 1. The highest BCUT2D eigenvalue weighted by atomic mass is 35.5. The van der Waals surface area contributed by atoms with E-state index < -0.39 is 0 Å². The Bertz CT molecular complexity index is 1170. The van der Waals surface area contributed by atoms with Gasteiger partial charge in [0.05, 0.1) is 21.2 Å². The van der Waals surface area contributed by atoms with Crippen molar-refractivity contribution in [3.63, 3.8) is 0 Å². The number of carbonyl (C=O) groups excluding carboxylic acids is 1. The molecule has 0 radical (unpaired) electrons. The molecule has 0 saturated heterocycles. The van der Waals surface area contributed by atoms with Crippen molar-refractivity contribution in [3.05, 3.63) is 81.8 Å². The van der Waals surface area contributed by atoms with Crippen molar-refractivity contribution < 1.29 is 9.21 Å². The highest BCUT2D eigenvalue weighted by molar-refractivity contribution is 6.34. The number of halogens is 2. The van der Waals surface area contributed by atoms with E-state index in [1.165, 1.54) is 0 Å². The first-order chi connectivity index (χ1) is 13.0. The number of amides is 1. The molecule has 0 spiro atoms. The van der Waals surface area contributed by atoms with Crippen LogP contribution in [-0.4, -0.2) is 10.9 Å². The number of nitrogens with zero attached hydrogens (tertiary/aromatic N) is 1. The van der Waals surface area contributed by atoms with Gasteiger partial charge in [-0.05, 0) is 55.0 Å². The van der Waals surface area contributed by atoms with E-state index in [1.54, 1.807) is 42.5 Å². The van der Waals surface area contributed by atoms with E-state index in [0.717, 1.165) is 11.1 Å². The predicted octanol–water partition coefficient (Wildman–Crippen LogP) is 6.36. The zero-order chi connectivity index (χ0) is 19.0. The molecule has 0 aliphatic heterocycles. The number of rotatable bonds is 3. The smallest absolute Gasteiger partial charge is 0.257 e. The van der Waals surface area contributed by atoms with Gasteiger partial charge in [-0.3, -0.25) is 4.79 Å². The van der Waals surface area contributed by atoms with Crippen LogP contribution in [0.25, 0.3) is 22.6 Å². The standard InChI is InChI=1S/C21H14Cl2N2O2/c1-12-6-9-19-18(10-12)25-21(27-19)15-11-13(7-8-17(15)23)24-20(26)14-4-2-3-5-16(14)22/h2-11H,1H3,(H,24,26). The van der Waals surface area contributed by atoms with Crippen LogP contribution in [0.2, 0.25) is 10.0 Å². The van der Waals surface area contributed by atoms with Gasteiger partial charge < -0.3 is 9.73 Å². The molecule has 0 aliphatic carbocycles. The number of aryl methyl sites for hydroxylation is 1. The van der Waals surface area contributed by atoms with Gasteiger partial charge in [0, 0.05) is 5.69 Å². The Morgan fingerprint density at radius 3 is 2.63 bits per heavy atom. The molecule has 1 heterocycles. The summed E-state index contributed by atoms with van der Waals surface area (Å²) in [5.41, 5.74) is 4.09. The molecule has 0 aliphatic rings. The number of benzene rings is 3. The molecule has 6 heteroatoms. The van der Waals surface area contributed by atoms with E-state index in [9.17, 15) is 4.79 Å². The molecule has 4 nitrogen and oxygen atoms in total. The number of anilines is 1. The van der Waals surface area contributed by atoms with Gasteiger partial charge in [-0.25, -0.2) is 4.98 Å². The fourth-order valence-electron chi connectivity index (χ4n) is 2.76. The first-order valence-electron chi connectivity index (χ1n) is 8.24. The molecule has 4 rings (SSSR count). The molecule has 0 atom stereocenters. The summed E-state index contributed by atoms with van der Waals surface area (Å²) in [6.45, 7) is 1.99. The van der Waals surface area contributed by atoms with Crippen LogP contribution in [0, 0.1) is 6.92 Å². The van der Waals surface area contributed by atoms with Gasteiger partial charge in [0.25, 0.3) is 5.91 Å². The van der Waals surface area contributed by atoms with Crippen molar-refractivity contribution in [3.8, 4) is 11.5 Å². The van der Waals surface area contributed by atoms with Crippen LogP contribution >= 0.6 is 23.2 Å². The summed E-state index contributed by atoms with van der Waals surface area (Å²) in [4.78, 5) is 17.0. The minimum Gasteiger partial charge on any atom is -0.436 e. The van der Waals surface area contributed by atoms with Crippen LogP contribution in [0.1, 0.15) is 15.9 Å². The van der Waals surface area contributed by atoms with Gasteiger partial charge >= 0.3 is 0 Å². The molecular formula is C21H14Cl2N2O2. The molecule has 4 aromatic rings. The quantitative estimate of drug-likeness (QED) is 0.438. The molecule has 0 fully saturated rings. The molecule has 0 bridgehead atoms. The Kier molecular flexibility index (Phi) is 4.60. The van der Waals surface area contributed by atoms with E-state index in [4.69, 9.17) is 27.6 Å². The van der Waals surface area contributed by atoms with Gasteiger partial charge in [0.15, 0.2) is 5.58 Å². The van der Waals surface area contributed by atoms with Gasteiger partial charge in [0.1, 0.15) is 5.52 Å². The molecule has 0 saturated carbocycles. The summed E-state index contributed by atoms with van der Waals surface area (Å²) >= 11 is 12.4. The van der Waals surface area contributed by atoms with Crippen molar-refractivity contribution in [2.45, 2.75) is 6.92 Å². The van der Waals surface area contributed by atoms with Crippen molar-refractivity contribution in [2.75, 3.05) is 5.32 Å². The minimum atomic E-state index is -0.304. The number of hydrogen-bond acceptors (Lipinski definition) is 3. The molecule has 1 aromatic heterocycles. The lowest BCUT2D eigenvalue weighted by Gasteiger charge is -2.08. The highest BCUT2D eigenvalue weighted by Crippen LogP contribution is 2.32. The maximum Gasteiger partial charge on any atom is 0.257 e. The first kappa shape index (κ1) is 17.6. The van der Waals surface area contributed by atoms with Crippen LogP contribution in [-0.2, 0) is 0 Å². The normalized spacial score (nSPS) is 10.9. The van der Waals surface area contributed by atoms with E-state index >= 15 is 0 Å². The van der Waals surface area contributed by atoms with Gasteiger partial charge in [-0.2, -0.15) is 0 Å². The van der Waals surface area contributed by atoms with Crippen molar-refractivity contribution in [1.82, 2.24) is 4.98 Å². The topological polar surface area (TPSA) is 55.1 Å². The van der Waals surface area contributed by atoms with Crippen LogP contribution < -0.4 is 5.32 Å². The average Bonchev–Trinajstić information content (AvgIpc) is 3.06. The second-order valence-corrected chi connectivity index (χ2v) is 6.93. The molecule has 1 amide bonds. The van der Waals surface area contributed by atoms with Crippen LogP contribution in [0.4, 0.5) is 5.69 Å². The lowest BCUT2D eigenvalue weighted by atomic mass is 10.1. The SMILES string of the molecule is Cc1ccc2oc(-c3cc(NC(=O)c4ccccc4Cl)ccc3Cl)nc2c1. The summed E-state index contributed by atoms with van der Waals surface area (Å²) in [5.74, 6) is 0.0940. The van der Waals surface area contributed by atoms with Crippen molar-refractivity contribution in [1.29, 1.82) is 0 Å². The molecule has 1 N–H and O–H groups in total. The fourth-order valence-corrected chi connectivity index (χ4v) is 3.18. The Hall–Kier alpha value is -2.82. The molecule has 3 aromatic carbocycles. The second kappa shape index (κ2) is 7.06. The van der Waals surface area contributed by atoms with E-state index in [-0.39, 0.29) is 5.91 Å². The van der Waals surface area contributed by atoms with E-state index in [1.807, 2.05) is 25.1 Å². The Morgan fingerprint density at radius 2 is 1.81 bits per heavy atom. The number of hydrogen-bond donors (Lipinski definition) is 1. The second-order valence-electron chi connectivity index (χ2n) is 6.12. The maximum atomic E-state index is 12.5. The fraction of sp³-hybridized carbons (Fsp3) is 0.0476. The monoisotopic (exact) mass is 396 g/mol. The maximum absolute atomic E-state index is 12.5. The molecule has 0 unspecified atom stereocenters. The molecule has 27 heavy (non-hydrogen) atoms. The lowest BCUT2D eigenvalue weighted by molar-refractivity contribution is 0.102. The zero-order valence-corrected chi connectivity index (χ0v) is 15.8. The minimum absolute atomic E-state index is 0.304. The number of oxazole rings is 1. The summed E-state index contributed by atoms with van der Waals surface area (Å²) < 4.78 is 5.82. The third-order valence-corrected chi connectivity index (χ3v) is 4.78. The van der Waals surface area contributed by atoms with Crippen LogP contribution in [0.15, 0.2) is 65.1 Å². The Labute approximate surface area is 165 Å².